The van der Waals surface area contributed by atoms with E-state index in [1.165, 1.54) is 25.0 Å². The Morgan fingerprint density at radius 2 is 2.10 bits per heavy atom. The first-order chi connectivity index (χ1) is 9.74. The summed E-state index contributed by atoms with van der Waals surface area (Å²) in [6, 6.07) is 4.67. The van der Waals surface area contributed by atoms with Crippen LogP contribution in [0.1, 0.15) is 23.7 Å². The Kier molecular flexibility index (Phi) is 4.25. The summed E-state index contributed by atoms with van der Waals surface area (Å²) in [5.41, 5.74) is 0.874. The smallest absolute Gasteiger partial charge is 0.237 e. The lowest BCUT2D eigenvalue weighted by atomic mass is 10.1. The predicted octanol–water partition coefficient (Wildman–Crippen LogP) is 1.57. The number of hydrogen-bond donors (Lipinski definition) is 0. The van der Waals surface area contributed by atoms with E-state index in [2.05, 4.69) is 0 Å². The third-order valence-electron chi connectivity index (χ3n) is 3.36. The van der Waals surface area contributed by atoms with Crippen LogP contribution in [0.5, 0.6) is 5.75 Å². The average Bonchev–Trinajstić information content (AvgIpc) is 2.80. The standard InChI is InChI=1S/C13H14ClNO5S/c1-8(16)11-4-3-9(5-12(11)20-2)15-7-10(6-13(15)17)21(14,18)19/h3-5,10H,6-7H2,1-2H3. The maximum Gasteiger partial charge on any atom is 0.237 e. The second-order valence-corrected chi connectivity index (χ2v) is 7.66. The summed E-state index contributed by atoms with van der Waals surface area (Å²) in [6.45, 7) is 1.40. The normalized spacial score (nSPS) is 18.9. The van der Waals surface area contributed by atoms with Crippen LogP contribution in [0.2, 0.25) is 0 Å². The van der Waals surface area contributed by atoms with Crippen LogP contribution >= 0.6 is 10.7 Å². The van der Waals surface area contributed by atoms with E-state index in [0.717, 1.165) is 0 Å². The number of hydrogen-bond acceptors (Lipinski definition) is 5. The van der Waals surface area contributed by atoms with Gasteiger partial charge >= 0.3 is 0 Å². The van der Waals surface area contributed by atoms with E-state index in [9.17, 15) is 18.0 Å². The minimum Gasteiger partial charge on any atom is -0.496 e. The van der Waals surface area contributed by atoms with Crippen molar-refractivity contribution in [3.05, 3.63) is 23.8 Å². The maximum absolute atomic E-state index is 11.9. The van der Waals surface area contributed by atoms with Gasteiger partial charge in [-0.25, -0.2) is 8.42 Å². The van der Waals surface area contributed by atoms with E-state index < -0.39 is 14.3 Å². The fourth-order valence-corrected chi connectivity index (χ4v) is 3.28. The molecule has 1 saturated heterocycles. The van der Waals surface area contributed by atoms with Crippen molar-refractivity contribution in [2.45, 2.75) is 18.6 Å². The molecule has 1 heterocycles. The maximum atomic E-state index is 11.9. The van der Waals surface area contributed by atoms with E-state index in [1.54, 1.807) is 12.1 Å². The van der Waals surface area contributed by atoms with E-state index >= 15 is 0 Å². The van der Waals surface area contributed by atoms with Gasteiger partial charge in [0.15, 0.2) is 5.78 Å². The van der Waals surface area contributed by atoms with Gasteiger partial charge in [0, 0.05) is 35.4 Å². The van der Waals surface area contributed by atoms with Gasteiger partial charge in [0.1, 0.15) is 11.0 Å². The largest absolute Gasteiger partial charge is 0.496 e. The first kappa shape index (κ1) is 15.8. The molecule has 1 unspecified atom stereocenters. The number of methoxy groups -OCH3 is 1. The molecule has 114 valence electrons. The van der Waals surface area contributed by atoms with Crippen molar-refractivity contribution in [1.29, 1.82) is 0 Å². The van der Waals surface area contributed by atoms with Crippen molar-refractivity contribution in [2.75, 3.05) is 18.6 Å². The van der Waals surface area contributed by atoms with Gasteiger partial charge in [0.2, 0.25) is 15.0 Å². The van der Waals surface area contributed by atoms with Crippen molar-refractivity contribution >= 4 is 37.1 Å². The first-order valence-corrected chi connectivity index (χ1v) is 8.54. The number of rotatable bonds is 4. The van der Waals surface area contributed by atoms with Gasteiger partial charge in [-0.1, -0.05) is 0 Å². The Balaban J connectivity index is 2.35. The number of nitrogens with zero attached hydrogens (tertiary/aromatic N) is 1. The molecule has 0 saturated carbocycles. The van der Waals surface area contributed by atoms with Gasteiger partial charge in [-0.15, -0.1) is 0 Å². The van der Waals surface area contributed by atoms with Gasteiger partial charge in [-0.2, -0.15) is 0 Å². The molecule has 6 nitrogen and oxygen atoms in total. The summed E-state index contributed by atoms with van der Waals surface area (Å²) in [5, 5.41) is -0.926. The topological polar surface area (TPSA) is 80.8 Å². The van der Waals surface area contributed by atoms with Crippen LogP contribution in [-0.4, -0.2) is 39.0 Å². The van der Waals surface area contributed by atoms with Crippen LogP contribution in [0.15, 0.2) is 18.2 Å². The molecule has 0 bridgehead atoms. The molecule has 1 aliphatic rings. The third-order valence-corrected chi connectivity index (χ3v) is 5.23. The highest BCUT2D eigenvalue weighted by Gasteiger charge is 2.38. The minimum absolute atomic E-state index is 0.00671. The van der Waals surface area contributed by atoms with Crippen LogP contribution < -0.4 is 9.64 Å². The molecular formula is C13H14ClNO5S. The molecule has 0 spiro atoms. The van der Waals surface area contributed by atoms with E-state index in [0.29, 0.717) is 17.0 Å². The lowest BCUT2D eigenvalue weighted by Gasteiger charge is -2.18. The summed E-state index contributed by atoms with van der Waals surface area (Å²) < 4.78 is 27.8. The second kappa shape index (κ2) is 5.65. The zero-order chi connectivity index (χ0) is 15.8. The molecule has 1 aromatic carbocycles. The SMILES string of the molecule is COc1cc(N2CC(S(=O)(=O)Cl)CC2=O)ccc1C(C)=O. The minimum atomic E-state index is -3.79. The molecule has 1 aromatic rings. The molecule has 1 atom stereocenters. The third kappa shape index (κ3) is 3.19. The number of Topliss-reactive ketones (excluding diaryl/α,β-unsaturated/α-hetero) is 1. The second-order valence-electron chi connectivity index (χ2n) is 4.75. The number of ether oxygens (including phenoxy) is 1. The number of halogens is 1. The molecule has 21 heavy (non-hydrogen) atoms. The fourth-order valence-electron chi connectivity index (χ4n) is 2.25. The zero-order valence-corrected chi connectivity index (χ0v) is 13.1. The van der Waals surface area contributed by atoms with E-state index in [4.69, 9.17) is 15.4 Å². The van der Waals surface area contributed by atoms with Gasteiger partial charge in [-0.05, 0) is 19.1 Å². The molecule has 2 rings (SSSR count). The Morgan fingerprint density at radius 1 is 1.43 bits per heavy atom. The Hall–Kier alpha value is -1.60. The highest BCUT2D eigenvalue weighted by Crippen LogP contribution is 2.31. The molecule has 0 aliphatic carbocycles. The number of benzene rings is 1. The Bertz CT molecular complexity index is 701. The monoisotopic (exact) mass is 331 g/mol. The van der Waals surface area contributed by atoms with Gasteiger partial charge < -0.3 is 9.64 Å². The summed E-state index contributed by atoms with van der Waals surface area (Å²) in [5.74, 6) is -0.154. The molecule has 1 fully saturated rings. The molecule has 1 amide bonds. The van der Waals surface area contributed by atoms with Gasteiger partial charge in [0.25, 0.3) is 0 Å². The van der Waals surface area contributed by atoms with Crippen LogP contribution in [-0.2, 0) is 13.8 Å². The lowest BCUT2D eigenvalue weighted by molar-refractivity contribution is -0.117. The van der Waals surface area contributed by atoms with Crippen molar-refractivity contribution in [3.8, 4) is 5.75 Å². The van der Waals surface area contributed by atoms with Crippen molar-refractivity contribution in [3.63, 3.8) is 0 Å². The Labute approximate surface area is 127 Å². The Morgan fingerprint density at radius 3 is 2.57 bits per heavy atom. The van der Waals surface area contributed by atoms with Crippen LogP contribution in [0.4, 0.5) is 5.69 Å². The van der Waals surface area contributed by atoms with Crippen molar-refractivity contribution in [1.82, 2.24) is 0 Å². The average molecular weight is 332 g/mol. The van der Waals surface area contributed by atoms with Crippen molar-refractivity contribution in [2.24, 2.45) is 0 Å². The molecule has 8 heteroatoms. The molecule has 1 aliphatic heterocycles. The number of carbonyl (C=O) groups is 2. The first-order valence-electron chi connectivity index (χ1n) is 6.17. The highest BCUT2D eigenvalue weighted by atomic mass is 35.7. The molecule has 0 N–H and O–H groups in total. The number of ketones is 1. The van der Waals surface area contributed by atoms with Crippen LogP contribution in [0, 0.1) is 0 Å². The summed E-state index contributed by atoms with van der Waals surface area (Å²) in [6.07, 6.45) is -0.150. The molecule has 0 radical (unpaired) electrons. The van der Waals surface area contributed by atoms with Crippen LogP contribution in [0.3, 0.4) is 0 Å². The summed E-state index contributed by atoms with van der Waals surface area (Å²) in [4.78, 5) is 24.7. The quantitative estimate of drug-likeness (QED) is 0.618. The number of amides is 1. The number of anilines is 1. The van der Waals surface area contributed by atoms with E-state index in [1.807, 2.05) is 0 Å². The fraction of sp³-hybridized carbons (Fsp3) is 0.385. The predicted molar refractivity (Wildman–Crippen MR) is 78.5 cm³/mol. The zero-order valence-electron chi connectivity index (χ0n) is 11.5. The van der Waals surface area contributed by atoms with Crippen molar-refractivity contribution < 1.29 is 22.7 Å². The van der Waals surface area contributed by atoms with Gasteiger partial charge in [0.05, 0.1) is 12.7 Å². The van der Waals surface area contributed by atoms with Crippen LogP contribution in [0.25, 0.3) is 0 Å². The van der Waals surface area contributed by atoms with E-state index in [-0.39, 0.29) is 24.7 Å². The summed E-state index contributed by atoms with van der Waals surface area (Å²) >= 11 is 0. The summed E-state index contributed by atoms with van der Waals surface area (Å²) in [7, 11) is 2.94. The number of carbonyl (C=O) groups excluding carboxylic acids is 2. The van der Waals surface area contributed by atoms with Gasteiger partial charge in [-0.3, -0.25) is 9.59 Å². The molecule has 0 aromatic heterocycles. The highest BCUT2D eigenvalue weighted by molar-refractivity contribution is 8.14. The lowest BCUT2D eigenvalue weighted by Crippen LogP contribution is -2.26. The molecular weight excluding hydrogens is 318 g/mol.